The van der Waals surface area contributed by atoms with Crippen LogP contribution in [0.25, 0.3) is 0 Å². The zero-order valence-electron chi connectivity index (χ0n) is 12.9. The summed E-state index contributed by atoms with van der Waals surface area (Å²) in [6.07, 6.45) is 10.5. The molecule has 108 valence electrons. The molecule has 1 heterocycles. The van der Waals surface area contributed by atoms with E-state index >= 15 is 0 Å². The predicted octanol–water partition coefficient (Wildman–Crippen LogP) is 3.50. The molecule has 1 saturated carbocycles. The number of nitrogens with one attached hydrogen (secondary N) is 1. The fourth-order valence-corrected chi connectivity index (χ4v) is 3.17. The molecule has 0 saturated heterocycles. The fraction of sp³-hybridized carbons (Fsp3) is 0.812. The van der Waals surface area contributed by atoms with E-state index in [-0.39, 0.29) is 0 Å². The van der Waals surface area contributed by atoms with Crippen LogP contribution in [0.3, 0.4) is 0 Å². The van der Waals surface area contributed by atoms with Crippen molar-refractivity contribution in [3.63, 3.8) is 0 Å². The van der Waals surface area contributed by atoms with E-state index in [0.29, 0.717) is 11.5 Å². The van der Waals surface area contributed by atoms with Crippen molar-refractivity contribution < 1.29 is 0 Å². The Morgan fingerprint density at radius 3 is 2.53 bits per heavy atom. The summed E-state index contributed by atoms with van der Waals surface area (Å²) < 4.78 is 2.10. The predicted molar refractivity (Wildman–Crippen MR) is 79.9 cm³/mol. The first-order chi connectivity index (χ1) is 9.03. The molecular weight excluding hydrogens is 234 g/mol. The van der Waals surface area contributed by atoms with Crippen LogP contribution in [-0.4, -0.2) is 15.6 Å². The molecule has 0 unspecified atom stereocenters. The summed E-state index contributed by atoms with van der Waals surface area (Å²) >= 11 is 0. The minimum atomic E-state index is 0.521. The summed E-state index contributed by atoms with van der Waals surface area (Å²) in [5, 5.41) is 3.69. The largest absolute Gasteiger partial charge is 0.337 e. The van der Waals surface area contributed by atoms with E-state index in [2.05, 4.69) is 42.7 Å². The first kappa shape index (κ1) is 14.6. The van der Waals surface area contributed by atoms with Crippen LogP contribution in [-0.2, 0) is 13.6 Å². The summed E-state index contributed by atoms with van der Waals surface area (Å²) in [6.45, 7) is 8.14. The van der Waals surface area contributed by atoms with Crippen LogP contribution in [0.4, 0.5) is 0 Å². The molecule has 1 aliphatic rings. The van der Waals surface area contributed by atoms with Crippen LogP contribution >= 0.6 is 0 Å². The van der Waals surface area contributed by atoms with Crippen LogP contribution in [0.5, 0.6) is 0 Å². The molecule has 1 aromatic rings. The third-order valence-electron chi connectivity index (χ3n) is 5.23. The normalized spacial score (nSPS) is 24.6. The van der Waals surface area contributed by atoms with Crippen molar-refractivity contribution in [2.45, 2.75) is 65.5 Å². The number of aromatic nitrogens is 2. The molecular formula is C16H29N3. The molecule has 2 rings (SSSR count). The maximum atomic E-state index is 4.16. The maximum Gasteiger partial charge on any atom is 0.0945 e. The van der Waals surface area contributed by atoms with Crippen molar-refractivity contribution in [2.24, 2.45) is 18.4 Å². The first-order valence-electron chi connectivity index (χ1n) is 7.71. The van der Waals surface area contributed by atoms with Crippen LogP contribution in [0, 0.1) is 11.3 Å². The molecule has 19 heavy (non-hydrogen) atoms. The van der Waals surface area contributed by atoms with Gasteiger partial charge in [0.15, 0.2) is 0 Å². The average molecular weight is 263 g/mol. The molecule has 3 heteroatoms. The van der Waals surface area contributed by atoms with E-state index in [1.165, 1.54) is 37.8 Å². The van der Waals surface area contributed by atoms with Crippen molar-refractivity contribution in [1.29, 1.82) is 0 Å². The number of rotatable bonds is 5. The van der Waals surface area contributed by atoms with E-state index in [4.69, 9.17) is 0 Å². The highest BCUT2D eigenvalue weighted by molar-refractivity contribution is 4.97. The summed E-state index contributed by atoms with van der Waals surface area (Å²) in [4.78, 5) is 4.16. The van der Waals surface area contributed by atoms with E-state index in [1.54, 1.807) is 0 Å². The molecule has 1 N–H and O–H groups in total. The van der Waals surface area contributed by atoms with Crippen LogP contribution in [0.15, 0.2) is 12.5 Å². The Morgan fingerprint density at radius 1 is 1.32 bits per heavy atom. The zero-order valence-corrected chi connectivity index (χ0v) is 12.9. The van der Waals surface area contributed by atoms with Gasteiger partial charge in [-0.1, -0.05) is 27.2 Å². The lowest BCUT2D eigenvalue weighted by Gasteiger charge is -2.39. The summed E-state index contributed by atoms with van der Waals surface area (Å²) in [5.74, 6) is 0.909. The smallest absolute Gasteiger partial charge is 0.0945 e. The molecule has 1 aromatic heterocycles. The third-order valence-corrected chi connectivity index (χ3v) is 5.23. The van der Waals surface area contributed by atoms with Crippen molar-refractivity contribution in [2.75, 3.05) is 0 Å². The second-order valence-electron chi connectivity index (χ2n) is 6.77. The molecule has 0 aromatic carbocycles. The van der Waals surface area contributed by atoms with Gasteiger partial charge < -0.3 is 9.88 Å². The highest BCUT2D eigenvalue weighted by Crippen LogP contribution is 2.40. The van der Waals surface area contributed by atoms with Crippen molar-refractivity contribution >= 4 is 0 Å². The van der Waals surface area contributed by atoms with E-state index in [1.807, 2.05) is 12.5 Å². The Kier molecular flexibility index (Phi) is 4.67. The molecule has 0 bridgehead atoms. The molecule has 3 nitrogen and oxygen atoms in total. The lowest BCUT2D eigenvalue weighted by molar-refractivity contribution is 0.136. The first-order valence-corrected chi connectivity index (χ1v) is 7.71. The number of hydrogen-bond acceptors (Lipinski definition) is 2. The summed E-state index contributed by atoms with van der Waals surface area (Å²) in [5.41, 5.74) is 1.79. The Hall–Kier alpha value is -0.830. The Bertz CT molecular complexity index is 386. The van der Waals surface area contributed by atoms with Gasteiger partial charge in [-0.05, 0) is 37.0 Å². The second-order valence-corrected chi connectivity index (χ2v) is 6.77. The van der Waals surface area contributed by atoms with Gasteiger partial charge in [0.2, 0.25) is 0 Å². The summed E-state index contributed by atoms with van der Waals surface area (Å²) in [7, 11) is 2.06. The molecule has 0 atom stereocenters. The second kappa shape index (κ2) is 6.08. The van der Waals surface area contributed by atoms with Crippen molar-refractivity contribution in [1.82, 2.24) is 14.9 Å². The van der Waals surface area contributed by atoms with Gasteiger partial charge in [-0.2, -0.15) is 0 Å². The molecule has 0 spiro atoms. The molecule has 0 amide bonds. The van der Waals surface area contributed by atoms with E-state index in [9.17, 15) is 0 Å². The highest BCUT2D eigenvalue weighted by Gasteiger charge is 2.31. The monoisotopic (exact) mass is 263 g/mol. The zero-order chi connectivity index (χ0) is 13.9. The average Bonchev–Trinajstić information content (AvgIpc) is 2.82. The molecule has 0 aliphatic heterocycles. The van der Waals surface area contributed by atoms with Crippen molar-refractivity contribution in [3.8, 4) is 0 Å². The van der Waals surface area contributed by atoms with Gasteiger partial charge in [0.05, 0.1) is 12.0 Å². The van der Waals surface area contributed by atoms with Crippen LogP contribution < -0.4 is 5.32 Å². The topological polar surface area (TPSA) is 29.9 Å². The van der Waals surface area contributed by atoms with Gasteiger partial charge in [0.25, 0.3) is 0 Å². The number of aryl methyl sites for hydroxylation is 1. The number of imidazole rings is 1. The lowest BCUT2D eigenvalue weighted by Crippen LogP contribution is -2.36. The quantitative estimate of drug-likeness (QED) is 0.881. The van der Waals surface area contributed by atoms with Gasteiger partial charge in [0, 0.05) is 25.8 Å². The SMILES string of the molecule is CCC(C)(C)C1CCC(NCc2cncn2C)CC1. The van der Waals surface area contributed by atoms with Gasteiger partial charge in [0.1, 0.15) is 0 Å². The minimum absolute atomic E-state index is 0.521. The molecule has 0 radical (unpaired) electrons. The number of hydrogen-bond donors (Lipinski definition) is 1. The van der Waals surface area contributed by atoms with E-state index in [0.717, 1.165) is 12.5 Å². The van der Waals surface area contributed by atoms with Crippen molar-refractivity contribution in [3.05, 3.63) is 18.2 Å². The van der Waals surface area contributed by atoms with Crippen LogP contribution in [0.2, 0.25) is 0 Å². The van der Waals surface area contributed by atoms with E-state index < -0.39 is 0 Å². The minimum Gasteiger partial charge on any atom is -0.337 e. The van der Waals surface area contributed by atoms with Gasteiger partial charge in [-0.25, -0.2) is 4.98 Å². The summed E-state index contributed by atoms with van der Waals surface area (Å²) in [6, 6.07) is 0.693. The Balaban J connectivity index is 1.76. The lowest BCUT2D eigenvalue weighted by atomic mass is 9.69. The number of nitrogens with zero attached hydrogens (tertiary/aromatic N) is 2. The van der Waals surface area contributed by atoms with Gasteiger partial charge in [-0.15, -0.1) is 0 Å². The third kappa shape index (κ3) is 3.59. The van der Waals surface area contributed by atoms with Crippen LogP contribution in [0.1, 0.15) is 58.6 Å². The highest BCUT2D eigenvalue weighted by atomic mass is 15.0. The van der Waals surface area contributed by atoms with Gasteiger partial charge in [-0.3, -0.25) is 0 Å². The van der Waals surface area contributed by atoms with Gasteiger partial charge >= 0.3 is 0 Å². The fourth-order valence-electron chi connectivity index (χ4n) is 3.17. The maximum absolute atomic E-state index is 4.16. The standard InChI is InChI=1S/C16H29N3/c1-5-16(2,3)13-6-8-14(9-7-13)18-11-15-10-17-12-19(15)4/h10,12-14,18H,5-9,11H2,1-4H3. The Labute approximate surface area is 117 Å². The molecule has 1 fully saturated rings. The molecule has 1 aliphatic carbocycles. The Morgan fingerprint density at radius 2 is 2.00 bits per heavy atom.